The first kappa shape index (κ1) is 28.1. The van der Waals surface area contributed by atoms with Crippen molar-refractivity contribution in [1.82, 2.24) is 10.3 Å². The number of aromatic hydroxyl groups is 1. The van der Waals surface area contributed by atoms with Crippen LogP contribution in [0.5, 0.6) is 5.75 Å². The van der Waals surface area contributed by atoms with Crippen LogP contribution in [0.2, 0.25) is 0 Å². The van der Waals surface area contributed by atoms with E-state index in [1.165, 1.54) is 16.3 Å². The van der Waals surface area contributed by atoms with Gasteiger partial charge in [-0.2, -0.15) is 0 Å². The fourth-order valence-corrected chi connectivity index (χ4v) is 6.18. The van der Waals surface area contributed by atoms with Crippen molar-refractivity contribution in [1.29, 1.82) is 0 Å². The summed E-state index contributed by atoms with van der Waals surface area (Å²) in [5.74, 6) is 0.216. The Labute approximate surface area is 220 Å². The van der Waals surface area contributed by atoms with Crippen molar-refractivity contribution in [3.05, 3.63) is 75.4 Å². The molecule has 0 radical (unpaired) electrons. The van der Waals surface area contributed by atoms with Gasteiger partial charge in [0.1, 0.15) is 11.3 Å². The predicted molar refractivity (Wildman–Crippen MR) is 150 cm³/mol. The highest BCUT2D eigenvalue weighted by Gasteiger charge is 2.11. The zero-order valence-electron chi connectivity index (χ0n) is 19.9. The molecule has 0 unspecified atom stereocenters. The standard InChI is InChI=1S/C26H30N2O5S2.ClH/c29-23-10-9-21(25-24(23)28-26(30)34-25)11-14-27-13-4-17-35(31,32)18-16-33-15-12-20-7-3-6-19-5-1-2-8-22(19)20;/h1-3,5-10,27,29H,4,11-18H2,(H,28,30);1H. The smallest absolute Gasteiger partial charge is 0.305 e. The minimum absolute atomic E-state index is 0. The van der Waals surface area contributed by atoms with Gasteiger partial charge in [0.2, 0.25) is 0 Å². The number of sulfone groups is 1. The molecule has 4 rings (SSSR count). The maximum absolute atomic E-state index is 12.3. The molecule has 3 N–H and O–H groups in total. The molecule has 0 atom stereocenters. The predicted octanol–water partition coefficient (Wildman–Crippen LogP) is 4.07. The Balaban J connectivity index is 0.00000361. The topological polar surface area (TPSA) is 108 Å². The van der Waals surface area contributed by atoms with Gasteiger partial charge in [0.25, 0.3) is 0 Å². The van der Waals surface area contributed by atoms with E-state index in [1.807, 2.05) is 24.3 Å². The van der Waals surface area contributed by atoms with E-state index < -0.39 is 9.84 Å². The number of thiazole rings is 1. The van der Waals surface area contributed by atoms with E-state index in [2.05, 4.69) is 34.6 Å². The van der Waals surface area contributed by atoms with Crippen molar-refractivity contribution in [3.8, 4) is 5.75 Å². The summed E-state index contributed by atoms with van der Waals surface area (Å²) in [5, 5.41) is 15.5. The average molecular weight is 551 g/mol. The molecule has 36 heavy (non-hydrogen) atoms. The highest BCUT2D eigenvalue weighted by atomic mass is 35.5. The third kappa shape index (κ3) is 7.54. The summed E-state index contributed by atoms with van der Waals surface area (Å²) in [7, 11) is -3.16. The number of phenols is 1. The molecular weight excluding hydrogens is 520 g/mol. The summed E-state index contributed by atoms with van der Waals surface area (Å²) in [6, 6.07) is 17.8. The average Bonchev–Trinajstić information content (AvgIpc) is 3.25. The number of aromatic nitrogens is 1. The first-order chi connectivity index (χ1) is 16.9. The second kappa shape index (κ2) is 13.2. The molecule has 1 heterocycles. The van der Waals surface area contributed by atoms with Crippen LogP contribution in [0.4, 0.5) is 0 Å². The maximum Gasteiger partial charge on any atom is 0.305 e. The zero-order chi connectivity index (χ0) is 24.7. The fourth-order valence-electron chi connectivity index (χ4n) is 4.12. The Morgan fingerprint density at radius 1 is 0.917 bits per heavy atom. The monoisotopic (exact) mass is 550 g/mol. The van der Waals surface area contributed by atoms with Gasteiger partial charge in [-0.05, 0) is 60.3 Å². The van der Waals surface area contributed by atoms with Gasteiger partial charge in [-0.3, -0.25) is 4.79 Å². The number of hydrogen-bond acceptors (Lipinski definition) is 7. The second-order valence-electron chi connectivity index (χ2n) is 8.47. The molecule has 0 aliphatic carbocycles. The highest BCUT2D eigenvalue weighted by molar-refractivity contribution is 7.91. The summed E-state index contributed by atoms with van der Waals surface area (Å²) in [4.78, 5) is 14.1. The quantitative estimate of drug-likeness (QED) is 0.217. The minimum Gasteiger partial charge on any atom is -0.506 e. The Hall–Kier alpha value is -2.43. The number of benzene rings is 3. The van der Waals surface area contributed by atoms with E-state index in [-0.39, 0.29) is 41.1 Å². The maximum atomic E-state index is 12.3. The first-order valence-electron chi connectivity index (χ1n) is 11.7. The number of H-pyrrole nitrogens is 1. The molecule has 3 aromatic carbocycles. The first-order valence-corrected chi connectivity index (χ1v) is 14.4. The number of halogens is 1. The molecule has 194 valence electrons. The van der Waals surface area contributed by atoms with Gasteiger partial charge < -0.3 is 20.1 Å². The molecule has 0 amide bonds. The Bertz CT molecular complexity index is 1440. The lowest BCUT2D eigenvalue weighted by Gasteiger charge is -2.09. The summed E-state index contributed by atoms with van der Waals surface area (Å²) in [5.41, 5.74) is 2.65. The molecule has 0 aliphatic rings. The van der Waals surface area contributed by atoms with E-state index in [9.17, 15) is 18.3 Å². The Kier molecular flexibility index (Phi) is 10.3. The van der Waals surface area contributed by atoms with Crippen molar-refractivity contribution in [2.24, 2.45) is 0 Å². The minimum atomic E-state index is -3.16. The molecule has 4 aromatic rings. The van der Waals surface area contributed by atoms with Crippen LogP contribution in [-0.2, 0) is 27.4 Å². The number of aromatic amines is 1. The van der Waals surface area contributed by atoms with Crippen LogP contribution < -0.4 is 10.2 Å². The van der Waals surface area contributed by atoms with Crippen LogP contribution in [0.1, 0.15) is 17.5 Å². The van der Waals surface area contributed by atoms with Crippen molar-refractivity contribution in [2.45, 2.75) is 19.3 Å². The van der Waals surface area contributed by atoms with Crippen LogP contribution in [0, 0.1) is 0 Å². The third-order valence-corrected chi connectivity index (χ3v) is 8.61. The summed E-state index contributed by atoms with van der Waals surface area (Å²) in [6.07, 6.45) is 1.96. The molecule has 7 nitrogen and oxygen atoms in total. The summed E-state index contributed by atoms with van der Waals surface area (Å²) < 4.78 is 31.0. The van der Waals surface area contributed by atoms with Gasteiger partial charge in [0.05, 0.1) is 29.4 Å². The second-order valence-corrected chi connectivity index (χ2v) is 11.8. The number of nitrogens with one attached hydrogen (secondary N) is 2. The van der Waals surface area contributed by atoms with Crippen LogP contribution >= 0.6 is 23.7 Å². The lowest BCUT2D eigenvalue weighted by molar-refractivity contribution is 0.152. The van der Waals surface area contributed by atoms with Gasteiger partial charge in [-0.25, -0.2) is 8.42 Å². The van der Waals surface area contributed by atoms with Crippen molar-refractivity contribution < 1.29 is 18.3 Å². The Morgan fingerprint density at radius 2 is 1.72 bits per heavy atom. The summed E-state index contributed by atoms with van der Waals surface area (Å²) >= 11 is 1.08. The number of phenolic OH excluding ortho intramolecular Hbond substituents is 1. The number of ether oxygens (including phenoxy) is 1. The number of hydrogen-bond donors (Lipinski definition) is 3. The lowest BCUT2D eigenvalue weighted by atomic mass is 10.0. The molecule has 0 fully saturated rings. The molecule has 0 spiro atoms. The van der Waals surface area contributed by atoms with E-state index in [4.69, 9.17) is 4.74 Å². The molecule has 0 bridgehead atoms. The summed E-state index contributed by atoms with van der Waals surface area (Å²) in [6.45, 7) is 1.94. The Morgan fingerprint density at radius 3 is 2.58 bits per heavy atom. The molecule has 10 heteroatoms. The van der Waals surface area contributed by atoms with Crippen molar-refractivity contribution >= 4 is 54.6 Å². The van der Waals surface area contributed by atoms with Gasteiger partial charge in [0.15, 0.2) is 9.84 Å². The number of fused-ring (bicyclic) bond motifs is 2. The lowest BCUT2D eigenvalue weighted by Crippen LogP contribution is -2.23. The van der Waals surface area contributed by atoms with Crippen molar-refractivity contribution in [2.75, 3.05) is 37.8 Å². The van der Waals surface area contributed by atoms with Gasteiger partial charge in [-0.15, -0.1) is 12.4 Å². The normalized spacial score (nSPS) is 11.7. The van der Waals surface area contributed by atoms with E-state index in [0.717, 1.165) is 28.0 Å². The third-order valence-electron chi connectivity index (χ3n) is 5.95. The van der Waals surface area contributed by atoms with Crippen LogP contribution in [0.3, 0.4) is 0 Å². The van der Waals surface area contributed by atoms with Gasteiger partial charge >= 0.3 is 4.87 Å². The zero-order valence-corrected chi connectivity index (χ0v) is 22.3. The van der Waals surface area contributed by atoms with E-state index >= 15 is 0 Å². The molecule has 0 aliphatic heterocycles. The molecule has 0 saturated heterocycles. The fraction of sp³-hybridized carbons (Fsp3) is 0.346. The van der Waals surface area contributed by atoms with E-state index in [0.29, 0.717) is 38.1 Å². The highest BCUT2D eigenvalue weighted by Crippen LogP contribution is 2.27. The van der Waals surface area contributed by atoms with Crippen molar-refractivity contribution in [3.63, 3.8) is 0 Å². The SMILES string of the molecule is Cl.O=c1[nH]c2c(O)ccc(CCNCCCS(=O)(=O)CCOCCc3cccc4ccccc34)c2s1. The molecular formula is C26H31ClN2O5S2. The number of rotatable bonds is 13. The largest absolute Gasteiger partial charge is 0.506 e. The molecule has 0 saturated carbocycles. The van der Waals surface area contributed by atoms with E-state index in [1.54, 1.807) is 6.07 Å². The van der Waals surface area contributed by atoms with Gasteiger partial charge in [0, 0.05) is 0 Å². The van der Waals surface area contributed by atoms with Gasteiger partial charge in [-0.1, -0.05) is 59.9 Å². The van der Waals surface area contributed by atoms with Crippen LogP contribution in [0.25, 0.3) is 21.0 Å². The van der Waals surface area contributed by atoms with Crippen LogP contribution in [-0.4, -0.2) is 56.3 Å². The van der Waals surface area contributed by atoms with Crippen LogP contribution in [0.15, 0.2) is 59.4 Å². The molecule has 1 aromatic heterocycles.